The van der Waals surface area contributed by atoms with Crippen LogP contribution in [0.1, 0.15) is 24.1 Å². The monoisotopic (exact) mass is 334 g/mol. The molecule has 5 nitrogen and oxygen atoms in total. The van der Waals surface area contributed by atoms with Gasteiger partial charge in [-0.25, -0.2) is 4.79 Å². The van der Waals surface area contributed by atoms with E-state index in [1.165, 1.54) is 0 Å². The molecule has 6 heteroatoms. The molecule has 0 aromatic heterocycles. The molecule has 2 atom stereocenters. The summed E-state index contributed by atoms with van der Waals surface area (Å²) in [5.41, 5.74) is 2.34. The largest absolute Gasteiger partial charge is 0.464 e. The quantitative estimate of drug-likeness (QED) is 0.620. The fourth-order valence-corrected chi connectivity index (χ4v) is 2.94. The van der Waals surface area contributed by atoms with Crippen LogP contribution in [0.25, 0.3) is 0 Å². The van der Waals surface area contributed by atoms with E-state index in [4.69, 9.17) is 4.74 Å². The lowest BCUT2D eigenvalue weighted by Gasteiger charge is -2.33. The molecular weight excluding hydrogens is 312 g/mol. The predicted molar refractivity (Wildman–Crippen MR) is 92.2 cm³/mol. The Labute approximate surface area is 140 Å². The van der Waals surface area contributed by atoms with Crippen LogP contribution in [-0.2, 0) is 9.53 Å². The maximum Gasteiger partial charge on any atom is 0.319 e. The summed E-state index contributed by atoms with van der Waals surface area (Å²) in [6.07, 6.45) is 0. The molecule has 23 heavy (non-hydrogen) atoms. The summed E-state index contributed by atoms with van der Waals surface area (Å²) in [6.45, 7) is 8.23. The number of amides is 2. The van der Waals surface area contributed by atoms with Crippen LogP contribution >= 0.6 is 11.8 Å². The Morgan fingerprint density at radius 2 is 2.04 bits per heavy atom. The second kappa shape index (κ2) is 8.06. The number of nitrogens with one attached hydrogen (secondary N) is 2. The van der Waals surface area contributed by atoms with Crippen molar-refractivity contribution in [2.75, 3.05) is 18.1 Å². The number of benzene rings is 1. The molecule has 2 N–H and O–H groups in total. The van der Waals surface area contributed by atoms with Crippen molar-refractivity contribution in [3.05, 3.63) is 47.7 Å². The lowest BCUT2D eigenvalue weighted by molar-refractivity contribution is -0.147. The minimum atomic E-state index is -0.637. The van der Waals surface area contributed by atoms with Crippen LogP contribution in [-0.4, -0.2) is 30.1 Å². The number of carbonyl (C=O) groups is 2. The van der Waals surface area contributed by atoms with Gasteiger partial charge < -0.3 is 15.4 Å². The first-order valence-electron chi connectivity index (χ1n) is 7.60. The zero-order valence-corrected chi connectivity index (χ0v) is 14.2. The van der Waals surface area contributed by atoms with Crippen LogP contribution < -0.4 is 10.6 Å². The van der Waals surface area contributed by atoms with E-state index in [9.17, 15) is 9.59 Å². The van der Waals surface area contributed by atoms with E-state index in [-0.39, 0.29) is 12.0 Å². The molecule has 2 amide bonds. The third-order valence-electron chi connectivity index (χ3n) is 3.64. The lowest BCUT2D eigenvalue weighted by Crippen LogP contribution is -2.51. The van der Waals surface area contributed by atoms with Gasteiger partial charge in [0, 0.05) is 11.4 Å². The number of urea groups is 1. The molecule has 1 aromatic carbocycles. The zero-order chi connectivity index (χ0) is 16.8. The minimum absolute atomic E-state index is 0.355. The van der Waals surface area contributed by atoms with Crippen molar-refractivity contribution in [3.63, 3.8) is 0 Å². The van der Waals surface area contributed by atoms with Crippen LogP contribution in [0.3, 0.4) is 0 Å². The third-order valence-corrected chi connectivity index (χ3v) is 4.50. The normalized spacial score (nSPS) is 20.6. The van der Waals surface area contributed by atoms with E-state index in [1.807, 2.05) is 31.2 Å². The van der Waals surface area contributed by atoms with Gasteiger partial charge in [-0.05, 0) is 18.2 Å². The first kappa shape index (κ1) is 17.4. The summed E-state index contributed by atoms with van der Waals surface area (Å²) in [5, 5.41) is 5.37. The Kier molecular flexibility index (Phi) is 6.10. The van der Waals surface area contributed by atoms with Crippen molar-refractivity contribution in [3.8, 4) is 0 Å². The van der Waals surface area contributed by atoms with Gasteiger partial charge in [-0.3, -0.25) is 4.79 Å². The third kappa shape index (κ3) is 4.51. The smallest absolute Gasteiger partial charge is 0.319 e. The summed E-state index contributed by atoms with van der Waals surface area (Å²) in [5.74, 6) is 0.736. The van der Waals surface area contributed by atoms with Gasteiger partial charge in [-0.15, -0.1) is 0 Å². The topological polar surface area (TPSA) is 67.4 Å². The lowest BCUT2D eigenvalue weighted by atomic mass is 9.89. The molecule has 1 aromatic rings. The van der Waals surface area contributed by atoms with Crippen molar-refractivity contribution in [1.82, 2.24) is 10.6 Å². The van der Waals surface area contributed by atoms with Crippen molar-refractivity contribution < 1.29 is 14.3 Å². The molecule has 0 saturated carbocycles. The van der Waals surface area contributed by atoms with E-state index < -0.39 is 12.0 Å². The highest BCUT2D eigenvalue weighted by atomic mass is 32.2. The van der Waals surface area contributed by atoms with Gasteiger partial charge in [0.15, 0.2) is 0 Å². The SMILES string of the molecule is C=C1NC(=O)N[C@@H](c2ccc(C)cc2)[C@@H]1C(=O)OCCSCC. The molecule has 1 aliphatic heterocycles. The summed E-state index contributed by atoms with van der Waals surface area (Å²) < 4.78 is 5.35. The second-order valence-electron chi connectivity index (χ2n) is 5.35. The number of ether oxygens (including phenoxy) is 1. The molecule has 0 bridgehead atoms. The molecule has 0 spiro atoms. The van der Waals surface area contributed by atoms with E-state index in [0.29, 0.717) is 12.3 Å². The number of thioether (sulfide) groups is 1. The summed E-state index contributed by atoms with van der Waals surface area (Å²) in [6, 6.07) is 6.89. The summed E-state index contributed by atoms with van der Waals surface area (Å²) in [4.78, 5) is 24.2. The van der Waals surface area contributed by atoms with Crippen molar-refractivity contribution in [2.45, 2.75) is 19.9 Å². The van der Waals surface area contributed by atoms with Gasteiger partial charge in [0.05, 0.1) is 6.04 Å². The van der Waals surface area contributed by atoms with Crippen LogP contribution in [0, 0.1) is 12.8 Å². The van der Waals surface area contributed by atoms with Gasteiger partial charge in [-0.1, -0.05) is 43.3 Å². The summed E-state index contributed by atoms with van der Waals surface area (Å²) in [7, 11) is 0. The molecule has 1 saturated heterocycles. The highest BCUT2D eigenvalue weighted by Gasteiger charge is 2.38. The average molecular weight is 334 g/mol. The number of hydrogen-bond donors (Lipinski definition) is 2. The number of rotatable bonds is 6. The van der Waals surface area contributed by atoms with Crippen molar-refractivity contribution in [1.29, 1.82) is 0 Å². The Morgan fingerprint density at radius 3 is 2.70 bits per heavy atom. The van der Waals surface area contributed by atoms with Gasteiger partial charge in [0.25, 0.3) is 0 Å². The van der Waals surface area contributed by atoms with E-state index in [0.717, 1.165) is 22.6 Å². The number of esters is 1. The van der Waals surface area contributed by atoms with Gasteiger partial charge >= 0.3 is 12.0 Å². The second-order valence-corrected chi connectivity index (χ2v) is 6.75. The Bertz CT molecular complexity index is 586. The fraction of sp³-hybridized carbons (Fsp3) is 0.412. The Morgan fingerprint density at radius 1 is 1.35 bits per heavy atom. The zero-order valence-electron chi connectivity index (χ0n) is 13.4. The van der Waals surface area contributed by atoms with Crippen LogP contribution in [0.4, 0.5) is 4.79 Å². The Balaban J connectivity index is 2.14. The molecule has 2 rings (SSSR count). The van der Waals surface area contributed by atoms with E-state index in [2.05, 4.69) is 24.1 Å². The van der Waals surface area contributed by atoms with Crippen molar-refractivity contribution >= 4 is 23.8 Å². The number of aryl methyl sites for hydroxylation is 1. The molecule has 0 unspecified atom stereocenters. The minimum Gasteiger partial charge on any atom is -0.464 e. The number of hydrogen-bond acceptors (Lipinski definition) is 4. The molecule has 1 heterocycles. The molecule has 0 radical (unpaired) electrons. The van der Waals surface area contributed by atoms with Crippen LogP contribution in [0.5, 0.6) is 0 Å². The van der Waals surface area contributed by atoms with Crippen LogP contribution in [0.15, 0.2) is 36.5 Å². The van der Waals surface area contributed by atoms with Gasteiger partial charge in [0.1, 0.15) is 12.5 Å². The predicted octanol–water partition coefficient (Wildman–Crippen LogP) is 2.78. The first-order chi connectivity index (χ1) is 11.0. The maximum absolute atomic E-state index is 12.4. The fourth-order valence-electron chi connectivity index (χ4n) is 2.45. The van der Waals surface area contributed by atoms with Gasteiger partial charge in [0.2, 0.25) is 0 Å². The standard InChI is InChI=1S/C17H22N2O3S/c1-4-23-10-9-22-16(20)14-12(3)18-17(21)19-15(14)13-7-5-11(2)6-8-13/h5-8,14-15H,3-4,9-10H2,1-2H3,(H2,18,19,21)/t14-,15+/m1/s1. The highest BCUT2D eigenvalue weighted by Crippen LogP contribution is 2.30. The van der Waals surface area contributed by atoms with Crippen LogP contribution in [0.2, 0.25) is 0 Å². The molecule has 124 valence electrons. The van der Waals surface area contributed by atoms with Crippen molar-refractivity contribution in [2.24, 2.45) is 5.92 Å². The first-order valence-corrected chi connectivity index (χ1v) is 8.75. The molecule has 1 aliphatic rings. The maximum atomic E-state index is 12.4. The van der Waals surface area contributed by atoms with E-state index >= 15 is 0 Å². The van der Waals surface area contributed by atoms with E-state index in [1.54, 1.807) is 11.8 Å². The molecular formula is C17H22N2O3S. The number of carbonyl (C=O) groups excluding carboxylic acids is 2. The Hall–Kier alpha value is -1.95. The molecule has 0 aliphatic carbocycles. The highest BCUT2D eigenvalue weighted by molar-refractivity contribution is 7.99. The average Bonchev–Trinajstić information content (AvgIpc) is 2.51. The summed E-state index contributed by atoms with van der Waals surface area (Å²) >= 11 is 1.71. The molecule has 1 fully saturated rings. The van der Waals surface area contributed by atoms with Gasteiger partial charge in [-0.2, -0.15) is 11.8 Å².